The molecule has 7 heteroatoms. The molecule has 1 atom stereocenters. The number of ether oxygens (including phenoxy) is 2. The normalized spacial score (nSPS) is 16.1. The largest absolute Gasteiger partial charge is 0.496 e. The lowest BCUT2D eigenvalue weighted by Gasteiger charge is -2.33. The molecule has 1 aliphatic rings. The van der Waals surface area contributed by atoms with Gasteiger partial charge in [-0.1, -0.05) is 12.1 Å². The van der Waals surface area contributed by atoms with E-state index < -0.39 is 0 Å². The van der Waals surface area contributed by atoms with Gasteiger partial charge in [0, 0.05) is 37.0 Å². The maximum absolute atomic E-state index is 13.0. The Hall–Kier alpha value is -3.48. The second-order valence-electron chi connectivity index (χ2n) is 7.41. The number of carbonyl (C=O) groups excluding carboxylic acids is 1. The summed E-state index contributed by atoms with van der Waals surface area (Å²) in [6.45, 7) is 1.14. The smallest absolute Gasteiger partial charge is 0.260 e. The minimum absolute atomic E-state index is 0.0668. The van der Waals surface area contributed by atoms with Gasteiger partial charge in [0.1, 0.15) is 17.3 Å². The molecule has 2 heterocycles. The van der Waals surface area contributed by atoms with Crippen molar-refractivity contribution in [1.29, 1.82) is 0 Å². The lowest BCUT2D eigenvalue weighted by atomic mass is 9.91. The van der Waals surface area contributed by atoms with Gasteiger partial charge in [0.25, 0.3) is 5.91 Å². The fourth-order valence-electron chi connectivity index (χ4n) is 3.89. The van der Waals surface area contributed by atoms with E-state index >= 15 is 0 Å². The van der Waals surface area contributed by atoms with E-state index in [-0.39, 0.29) is 24.2 Å². The van der Waals surface area contributed by atoms with E-state index in [2.05, 4.69) is 9.97 Å². The van der Waals surface area contributed by atoms with Crippen molar-refractivity contribution >= 4 is 5.91 Å². The average molecular weight is 421 g/mol. The van der Waals surface area contributed by atoms with Gasteiger partial charge in [-0.15, -0.1) is 0 Å². The molecule has 2 aromatic carbocycles. The number of para-hydroxylation sites is 1. The fourth-order valence-corrected chi connectivity index (χ4v) is 3.89. The van der Waals surface area contributed by atoms with Crippen LogP contribution in [0.3, 0.4) is 0 Å². The summed E-state index contributed by atoms with van der Waals surface area (Å²) in [7, 11) is 1.64. The van der Waals surface area contributed by atoms with Crippen LogP contribution in [0.1, 0.15) is 24.5 Å². The van der Waals surface area contributed by atoms with Crippen LogP contribution in [0.2, 0.25) is 0 Å². The number of carbonyl (C=O) groups is 1. The van der Waals surface area contributed by atoms with E-state index in [4.69, 9.17) is 9.47 Å². The summed E-state index contributed by atoms with van der Waals surface area (Å²) in [5.41, 5.74) is 2.53. The summed E-state index contributed by atoms with van der Waals surface area (Å²) >= 11 is 0. The Kier molecular flexibility index (Phi) is 6.40. The highest BCUT2D eigenvalue weighted by Crippen LogP contribution is 2.35. The minimum atomic E-state index is -0.340. The summed E-state index contributed by atoms with van der Waals surface area (Å²) in [5, 5.41) is 0. The predicted molar refractivity (Wildman–Crippen MR) is 114 cm³/mol. The first-order valence-electron chi connectivity index (χ1n) is 10.3. The van der Waals surface area contributed by atoms with Gasteiger partial charge in [0.2, 0.25) is 0 Å². The van der Waals surface area contributed by atoms with E-state index in [1.165, 1.54) is 24.3 Å². The fraction of sp³-hybridized carbons (Fsp3) is 0.292. The molecule has 4 rings (SSSR count). The third kappa shape index (κ3) is 4.82. The number of hydrogen-bond acceptors (Lipinski definition) is 5. The van der Waals surface area contributed by atoms with Crippen molar-refractivity contribution in [3.8, 4) is 22.8 Å². The highest BCUT2D eigenvalue weighted by atomic mass is 19.1. The van der Waals surface area contributed by atoms with Gasteiger partial charge in [0.05, 0.1) is 18.5 Å². The van der Waals surface area contributed by atoms with Crippen LogP contribution < -0.4 is 9.47 Å². The monoisotopic (exact) mass is 421 g/mol. The lowest BCUT2D eigenvalue weighted by molar-refractivity contribution is -0.134. The van der Waals surface area contributed by atoms with Crippen LogP contribution in [-0.4, -0.2) is 47.6 Å². The highest BCUT2D eigenvalue weighted by Gasteiger charge is 2.28. The van der Waals surface area contributed by atoms with Gasteiger partial charge in [0.15, 0.2) is 6.61 Å². The number of aromatic nitrogens is 2. The second-order valence-corrected chi connectivity index (χ2v) is 7.41. The van der Waals surface area contributed by atoms with E-state index in [0.29, 0.717) is 18.8 Å². The van der Waals surface area contributed by atoms with Crippen molar-refractivity contribution in [2.24, 2.45) is 0 Å². The maximum atomic E-state index is 13.0. The lowest BCUT2D eigenvalue weighted by Crippen LogP contribution is -2.41. The van der Waals surface area contributed by atoms with E-state index in [9.17, 15) is 9.18 Å². The van der Waals surface area contributed by atoms with E-state index in [0.717, 1.165) is 35.5 Å². The Morgan fingerprint density at radius 3 is 2.71 bits per heavy atom. The van der Waals surface area contributed by atoms with Crippen LogP contribution in [0.25, 0.3) is 11.3 Å². The Morgan fingerprint density at radius 2 is 1.90 bits per heavy atom. The topological polar surface area (TPSA) is 64.6 Å². The standard InChI is InChI=1S/C24H24FN3O3/c1-30-21-7-3-2-6-20(21)24-23(26-12-13-27-24)17-5-4-14-28(15-17)22(29)16-31-19-10-8-18(25)9-11-19/h2-3,6-13,17H,4-5,14-16H2,1H3. The van der Waals surface area contributed by atoms with Gasteiger partial charge in [-0.2, -0.15) is 0 Å². The third-order valence-corrected chi connectivity index (χ3v) is 5.43. The summed E-state index contributed by atoms with van der Waals surface area (Å²) in [6, 6.07) is 13.4. The first kappa shape index (κ1) is 20.8. The highest BCUT2D eigenvalue weighted by molar-refractivity contribution is 5.78. The number of benzene rings is 2. The van der Waals surface area contributed by atoms with Crippen LogP contribution in [0.5, 0.6) is 11.5 Å². The first-order chi connectivity index (χ1) is 15.2. The summed E-state index contributed by atoms with van der Waals surface area (Å²) in [4.78, 5) is 23.8. The molecule has 0 saturated carbocycles. The summed E-state index contributed by atoms with van der Waals surface area (Å²) in [6.07, 6.45) is 5.15. The Bertz CT molecular complexity index is 1040. The van der Waals surface area contributed by atoms with Crippen LogP contribution >= 0.6 is 0 Å². The minimum Gasteiger partial charge on any atom is -0.496 e. The van der Waals surface area contributed by atoms with Crippen molar-refractivity contribution in [2.75, 3.05) is 26.8 Å². The molecular weight excluding hydrogens is 397 g/mol. The van der Waals surface area contributed by atoms with Crippen molar-refractivity contribution in [2.45, 2.75) is 18.8 Å². The molecule has 1 aliphatic heterocycles. The zero-order valence-corrected chi connectivity index (χ0v) is 17.3. The SMILES string of the molecule is COc1ccccc1-c1nccnc1C1CCCN(C(=O)COc2ccc(F)cc2)C1. The molecule has 1 fully saturated rings. The summed E-state index contributed by atoms with van der Waals surface area (Å²) < 4.78 is 24.1. The molecule has 3 aromatic rings. The molecule has 0 N–H and O–H groups in total. The Labute approximate surface area is 180 Å². The molecular formula is C24H24FN3O3. The number of piperidine rings is 1. The van der Waals surface area contributed by atoms with Crippen LogP contribution in [0.4, 0.5) is 4.39 Å². The van der Waals surface area contributed by atoms with Gasteiger partial charge < -0.3 is 14.4 Å². The number of rotatable bonds is 6. The molecule has 0 bridgehead atoms. The van der Waals surface area contributed by atoms with Crippen LogP contribution in [-0.2, 0) is 4.79 Å². The number of nitrogens with zero attached hydrogens (tertiary/aromatic N) is 3. The zero-order valence-electron chi connectivity index (χ0n) is 17.3. The third-order valence-electron chi connectivity index (χ3n) is 5.43. The number of methoxy groups -OCH3 is 1. The number of halogens is 1. The number of hydrogen-bond donors (Lipinski definition) is 0. The van der Waals surface area contributed by atoms with Crippen molar-refractivity contribution in [3.63, 3.8) is 0 Å². The predicted octanol–water partition coefficient (Wildman–Crippen LogP) is 4.08. The number of likely N-dealkylation sites (tertiary alicyclic amines) is 1. The van der Waals surface area contributed by atoms with Crippen molar-refractivity contribution in [3.05, 3.63) is 72.4 Å². The molecule has 1 amide bonds. The Morgan fingerprint density at radius 1 is 1.13 bits per heavy atom. The molecule has 160 valence electrons. The molecule has 0 radical (unpaired) electrons. The van der Waals surface area contributed by atoms with Gasteiger partial charge in [-0.05, 0) is 49.2 Å². The molecule has 0 aliphatic carbocycles. The summed E-state index contributed by atoms with van der Waals surface area (Å²) in [5.74, 6) is 0.831. The van der Waals surface area contributed by atoms with E-state index in [1.54, 1.807) is 24.4 Å². The molecule has 31 heavy (non-hydrogen) atoms. The number of amides is 1. The maximum Gasteiger partial charge on any atom is 0.260 e. The van der Waals surface area contributed by atoms with E-state index in [1.807, 2.05) is 24.3 Å². The zero-order chi connectivity index (χ0) is 21.6. The first-order valence-corrected chi connectivity index (χ1v) is 10.3. The molecule has 1 aromatic heterocycles. The molecule has 1 unspecified atom stereocenters. The van der Waals surface area contributed by atoms with Crippen molar-refractivity contribution < 1.29 is 18.7 Å². The molecule has 0 spiro atoms. The molecule has 1 saturated heterocycles. The van der Waals surface area contributed by atoms with Gasteiger partial charge in [-0.3, -0.25) is 14.8 Å². The molecule has 6 nitrogen and oxygen atoms in total. The average Bonchev–Trinajstić information content (AvgIpc) is 2.83. The van der Waals surface area contributed by atoms with Gasteiger partial charge in [-0.25, -0.2) is 4.39 Å². The van der Waals surface area contributed by atoms with Crippen LogP contribution in [0, 0.1) is 5.82 Å². The quantitative estimate of drug-likeness (QED) is 0.600. The van der Waals surface area contributed by atoms with Crippen molar-refractivity contribution in [1.82, 2.24) is 14.9 Å². The van der Waals surface area contributed by atoms with Crippen LogP contribution in [0.15, 0.2) is 60.9 Å². The van der Waals surface area contributed by atoms with Gasteiger partial charge >= 0.3 is 0 Å². The Balaban J connectivity index is 1.49. The second kappa shape index (κ2) is 9.55.